The van der Waals surface area contributed by atoms with Crippen molar-refractivity contribution in [1.82, 2.24) is 5.32 Å². The van der Waals surface area contributed by atoms with Crippen LogP contribution in [-0.2, 0) is 20.7 Å². The number of nitrogens with one attached hydrogen (secondary N) is 1. The zero-order valence-corrected chi connectivity index (χ0v) is 26.5. The SMILES string of the molecule is COCCCOc1cc(C[C@@H](C[C@H](N=[N+]=[N-])[C@@H](O)CC(C(=O)NCC(C)(C)C(C)=O)C(C)C)C(C)C)ccc1OC. The fourth-order valence-electron chi connectivity index (χ4n) is 4.56. The fraction of sp³-hybridized carbons (Fsp3) is 0.742. The summed E-state index contributed by atoms with van der Waals surface area (Å²) in [7, 11) is 3.26. The molecule has 1 rings (SSSR count). The molecule has 0 bridgehead atoms. The molecule has 0 aliphatic heterocycles. The maximum atomic E-state index is 13.1. The van der Waals surface area contributed by atoms with Crippen molar-refractivity contribution in [3.8, 4) is 11.5 Å². The standard InChI is InChI=1S/C31H52N4O6/c1-20(2)24(15-23-11-12-28(40-9)29(16-23)41-14-10-13-39-8)17-26(34-35-32)27(37)18-25(21(3)4)30(38)33-19-31(6,7)22(5)36/h11-12,16,20-21,24-27,37H,10,13-15,17-19H2,1-9H3,(H,33,38)/t24-,25?,26-,27-/m0/s1. The molecule has 1 amide bonds. The number of ether oxygens (including phenoxy) is 3. The largest absolute Gasteiger partial charge is 0.493 e. The van der Waals surface area contributed by atoms with Crippen LogP contribution < -0.4 is 14.8 Å². The first-order chi connectivity index (χ1) is 19.3. The van der Waals surface area contributed by atoms with Crippen molar-refractivity contribution in [3.05, 3.63) is 34.2 Å². The van der Waals surface area contributed by atoms with Gasteiger partial charge in [0.1, 0.15) is 5.78 Å². The molecule has 41 heavy (non-hydrogen) atoms. The number of benzene rings is 1. The van der Waals surface area contributed by atoms with Gasteiger partial charge in [0, 0.05) is 42.9 Å². The predicted molar refractivity (Wildman–Crippen MR) is 161 cm³/mol. The molecular formula is C31H52N4O6. The number of ketones is 1. The van der Waals surface area contributed by atoms with E-state index in [0.717, 1.165) is 12.0 Å². The van der Waals surface area contributed by atoms with Gasteiger partial charge < -0.3 is 24.6 Å². The Morgan fingerprint density at radius 2 is 1.76 bits per heavy atom. The van der Waals surface area contributed by atoms with E-state index >= 15 is 0 Å². The van der Waals surface area contributed by atoms with Crippen LogP contribution in [0, 0.1) is 29.1 Å². The first kappa shape index (κ1) is 36.2. The highest BCUT2D eigenvalue weighted by Crippen LogP contribution is 2.32. The lowest BCUT2D eigenvalue weighted by Crippen LogP contribution is -2.43. The smallest absolute Gasteiger partial charge is 0.223 e. The molecule has 0 saturated carbocycles. The number of carbonyl (C=O) groups excluding carboxylic acids is 2. The molecule has 0 heterocycles. The van der Waals surface area contributed by atoms with Gasteiger partial charge in [0.25, 0.3) is 0 Å². The van der Waals surface area contributed by atoms with E-state index < -0.39 is 23.5 Å². The highest BCUT2D eigenvalue weighted by atomic mass is 16.5. The Labute approximate surface area is 246 Å². The fourth-order valence-corrected chi connectivity index (χ4v) is 4.56. The number of methoxy groups -OCH3 is 2. The number of azide groups is 1. The molecule has 10 nitrogen and oxygen atoms in total. The van der Waals surface area contributed by atoms with Crippen LogP contribution in [0.5, 0.6) is 11.5 Å². The van der Waals surface area contributed by atoms with E-state index in [0.29, 0.717) is 37.6 Å². The van der Waals surface area contributed by atoms with Gasteiger partial charge in [-0.15, -0.1) is 0 Å². The van der Waals surface area contributed by atoms with Crippen molar-refractivity contribution >= 4 is 11.7 Å². The third-order valence-electron chi connectivity index (χ3n) is 7.90. The van der Waals surface area contributed by atoms with Gasteiger partial charge in [0.2, 0.25) is 5.91 Å². The molecule has 1 unspecified atom stereocenters. The van der Waals surface area contributed by atoms with E-state index in [1.165, 1.54) is 6.92 Å². The average molecular weight is 577 g/mol. The molecule has 0 aliphatic carbocycles. The Balaban J connectivity index is 3.04. The van der Waals surface area contributed by atoms with E-state index in [4.69, 9.17) is 14.2 Å². The summed E-state index contributed by atoms with van der Waals surface area (Å²) in [6, 6.07) is 5.16. The Morgan fingerprint density at radius 1 is 1.07 bits per heavy atom. The summed E-state index contributed by atoms with van der Waals surface area (Å²) >= 11 is 0. The van der Waals surface area contributed by atoms with Gasteiger partial charge >= 0.3 is 0 Å². The highest BCUT2D eigenvalue weighted by molar-refractivity contribution is 5.83. The number of rotatable bonds is 20. The van der Waals surface area contributed by atoms with Gasteiger partial charge in [-0.2, -0.15) is 0 Å². The van der Waals surface area contributed by atoms with Gasteiger partial charge in [-0.05, 0) is 67.2 Å². The number of hydrogen-bond acceptors (Lipinski definition) is 7. The van der Waals surface area contributed by atoms with Gasteiger partial charge in [-0.3, -0.25) is 9.59 Å². The van der Waals surface area contributed by atoms with Crippen LogP contribution in [-0.4, -0.2) is 62.9 Å². The topological polar surface area (TPSA) is 143 Å². The molecule has 4 atom stereocenters. The van der Waals surface area contributed by atoms with Crippen LogP contribution in [0.2, 0.25) is 0 Å². The molecule has 0 aromatic heterocycles. The Morgan fingerprint density at radius 3 is 2.29 bits per heavy atom. The van der Waals surface area contributed by atoms with Crippen molar-refractivity contribution in [1.29, 1.82) is 0 Å². The average Bonchev–Trinajstić information content (AvgIpc) is 2.91. The number of aliphatic hydroxyl groups is 1. The summed E-state index contributed by atoms with van der Waals surface area (Å²) in [6.07, 6.45) is 1.06. The van der Waals surface area contributed by atoms with E-state index in [1.54, 1.807) is 28.1 Å². The van der Waals surface area contributed by atoms with Crippen LogP contribution in [0.15, 0.2) is 23.3 Å². The maximum Gasteiger partial charge on any atom is 0.223 e. The summed E-state index contributed by atoms with van der Waals surface area (Å²) in [5, 5.41) is 18.1. The quantitative estimate of drug-likeness (QED) is 0.0876. The Hall–Kier alpha value is -2.81. The number of nitrogens with zero attached hydrogens (tertiary/aromatic N) is 3. The highest BCUT2D eigenvalue weighted by Gasteiger charge is 2.32. The third kappa shape index (κ3) is 12.3. The number of carbonyl (C=O) groups is 2. The molecule has 10 heteroatoms. The van der Waals surface area contributed by atoms with Crippen LogP contribution in [0.1, 0.15) is 73.3 Å². The van der Waals surface area contributed by atoms with Crippen molar-refractivity contribution in [2.75, 3.05) is 34.0 Å². The first-order valence-corrected chi connectivity index (χ1v) is 14.6. The van der Waals surface area contributed by atoms with Crippen LogP contribution in [0.25, 0.3) is 10.4 Å². The van der Waals surface area contributed by atoms with E-state index in [1.807, 2.05) is 32.0 Å². The minimum absolute atomic E-state index is 0.0104. The van der Waals surface area contributed by atoms with Crippen molar-refractivity contribution in [2.24, 2.45) is 34.2 Å². The second-order valence-corrected chi connectivity index (χ2v) is 12.2. The molecule has 0 saturated heterocycles. The zero-order valence-electron chi connectivity index (χ0n) is 26.5. The molecule has 0 fully saturated rings. The number of amides is 1. The van der Waals surface area contributed by atoms with E-state index in [2.05, 4.69) is 29.2 Å². The Bertz CT molecular complexity index is 1010. The maximum absolute atomic E-state index is 13.1. The van der Waals surface area contributed by atoms with Gasteiger partial charge in [0.05, 0.1) is 25.9 Å². The molecule has 2 N–H and O–H groups in total. The first-order valence-electron chi connectivity index (χ1n) is 14.6. The minimum atomic E-state index is -0.998. The molecule has 0 radical (unpaired) electrons. The van der Waals surface area contributed by atoms with E-state index in [9.17, 15) is 20.2 Å². The lowest BCUT2D eigenvalue weighted by atomic mass is 9.80. The van der Waals surface area contributed by atoms with Gasteiger partial charge in [0.15, 0.2) is 11.5 Å². The molecule has 0 spiro atoms. The van der Waals surface area contributed by atoms with Gasteiger partial charge in [-0.25, -0.2) is 0 Å². The molecule has 1 aromatic carbocycles. The second-order valence-electron chi connectivity index (χ2n) is 12.2. The summed E-state index contributed by atoms with van der Waals surface area (Å²) in [4.78, 5) is 28.0. The summed E-state index contributed by atoms with van der Waals surface area (Å²) in [5.41, 5.74) is 9.69. The monoisotopic (exact) mass is 576 g/mol. The number of hydrogen-bond donors (Lipinski definition) is 2. The minimum Gasteiger partial charge on any atom is -0.493 e. The Kier molecular flexibility index (Phi) is 15.8. The van der Waals surface area contributed by atoms with Gasteiger partial charge in [-0.1, -0.05) is 52.7 Å². The van der Waals surface area contributed by atoms with Crippen LogP contribution in [0.3, 0.4) is 0 Å². The van der Waals surface area contributed by atoms with Crippen molar-refractivity contribution in [2.45, 2.75) is 86.3 Å². The van der Waals surface area contributed by atoms with E-state index in [-0.39, 0.29) is 42.4 Å². The predicted octanol–water partition coefficient (Wildman–Crippen LogP) is 5.75. The molecule has 0 aliphatic rings. The zero-order chi connectivity index (χ0) is 31.2. The summed E-state index contributed by atoms with van der Waals surface area (Å²) < 4.78 is 16.5. The third-order valence-corrected chi connectivity index (χ3v) is 7.90. The lowest BCUT2D eigenvalue weighted by molar-refractivity contribution is -0.129. The summed E-state index contributed by atoms with van der Waals surface area (Å²) in [5.74, 6) is 0.865. The van der Waals surface area contributed by atoms with Crippen molar-refractivity contribution in [3.63, 3.8) is 0 Å². The van der Waals surface area contributed by atoms with Crippen molar-refractivity contribution < 1.29 is 28.9 Å². The number of Topliss-reactive ketones (excluding diaryl/α,β-unsaturated/α-hetero) is 1. The lowest BCUT2D eigenvalue weighted by Gasteiger charge is -2.30. The summed E-state index contributed by atoms with van der Waals surface area (Å²) in [6.45, 7) is 14.5. The van der Waals surface area contributed by atoms with Crippen LogP contribution in [0.4, 0.5) is 0 Å². The molecular weight excluding hydrogens is 524 g/mol. The second kappa shape index (κ2) is 17.9. The van der Waals surface area contributed by atoms with Crippen LogP contribution >= 0.6 is 0 Å². The normalized spacial score (nSPS) is 14.6. The number of aliphatic hydroxyl groups excluding tert-OH is 1. The molecule has 1 aromatic rings. The molecule has 232 valence electrons.